The Kier molecular flexibility index (Phi) is 6.06. The van der Waals surface area contributed by atoms with Crippen molar-refractivity contribution in [2.45, 2.75) is 71.4 Å². The van der Waals surface area contributed by atoms with Crippen molar-refractivity contribution < 1.29 is 19.1 Å². The number of hydrogen-bond acceptors (Lipinski definition) is 4. The number of rotatable bonds is 3. The van der Waals surface area contributed by atoms with Crippen molar-refractivity contribution in [1.29, 1.82) is 0 Å². The van der Waals surface area contributed by atoms with Gasteiger partial charge in [0.25, 0.3) is 0 Å². The third-order valence-corrected chi connectivity index (χ3v) is 4.85. The number of amides is 1. The molecule has 5 heteroatoms. The first-order valence-electron chi connectivity index (χ1n) is 8.93. The third-order valence-electron chi connectivity index (χ3n) is 4.85. The van der Waals surface area contributed by atoms with Crippen LogP contribution >= 0.6 is 0 Å². The molecule has 3 unspecified atom stereocenters. The minimum Gasteiger partial charge on any atom is -0.444 e. The lowest BCUT2D eigenvalue weighted by Crippen LogP contribution is -2.55. The summed E-state index contributed by atoms with van der Waals surface area (Å²) in [6.45, 7) is 8.90. The molecule has 0 aromatic carbocycles. The van der Waals surface area contributed by atoms with Crippen LogP contribution in [0.2, 0.25) is 0 Å². The van der Waals surface area contributed by atoms with Gasteiger partial charge in [-0.3, -0.25) is 9.69 Å². The molecule has 2 fully saturated rings. The van der Waals surface area contributed by atoms with Crippen molar-refractivity contribution >= 4 is 11.9 Å². The van der Waals surface area contributed by atoms with E-state index in [9.17, 15) is 9.59 Å². The molecule has 0 radical (unpaired) electrons. The maximum absolute atomic E-state index is 13.0. The van der Waals surface area contributed by atoms with E-state index in [4.69, 9.17) is 9.47 Å². The summed E-state index contributed by atoms with van der Waals surface area (Å²) in [5.74, 6) is 0.858. The highest BCUT2D eigenvalue weighted by Crippen LogP contribution is 2.33. The minimum atomic E-state index is -0.554. The Balaban J connectivity index is 2.05. The molecule has 0 aromatic rings. The average molecular weight is 325 g/mol. The lowest BCUT2D eigenvalue weighted by Gasteiger charge is -2.38. The van der Waals surface area contributed by atoms with Gasteiger partial charge in [-0.1, -0.05) is 26.2 Å². The number of Topliss-reactive ketones (excluding diaryl/α,β-unsaturated/α-hetero) is 1. The summed E-state index contributed by atoms with van der Waals surface area (Å²) in [6, 6.07) is -0.487. The quantitative estimate of drug-likeness (QED) is 0.798. The van der Waals surface area contributed by atoms with Crippen molar-refractivity contribution in [2.24, 2.45) is 11.8 Å². The number of carbonyl (C=O) groups is 2. The second kappa shape index (κ2) is 7.65. The normalized spacial score (nSPS) is 29.2. The lowest BCUT2D eigenvalue weighted by atomic mass is 9.76. The van der Waals surface area contributed by atoms with E-state index in [0.717, 1.165) is 25.7 Å². The Morgan fingerprint density at radius 3 is 2.65 bits per heavy atom. The Labute approximate surface area is 139 Å². The largest absolute Gasteiger partial charge is 0.444 e. The average Bonchev–Trinajstić information content (AvgIpc) is 2.52. The van der Waals surface area contributed by atoms with Gasteiger partial charge in [0, 0.05) is 12.5 Å². The number of ether oxygens (including phenoxy) is 2. The molecule has 0 bridgehead atoms. The van der Waals surface area contributed by atoms with Gasteiger partial charge in [0.1, 0.15) is 11.6 Å². The summed E-state index contributed by atoms with van der Waals surface area (Å²) in [6.07, 6.45) is 4.94. The van der Waals surface area contributed by atoms with Crippen molar-refractivity contribution in [3.63, 3.8) is 0 Å². The van der Waals surface area contributed by atoms with Crippen LogP contribution in [0.25, 0.3) is 0 Å². The van der Waals surface area contributed by atoms with Gasteiger partial charge < -0.3 is 9.47 Å². The number of ketones is 1. The first-order valence-corrected chi connectivity index (χ1v) is 8.93. The van der Waals surface area contributed by atoms with Gasteiger partial charge in [-0.25, -0.2) is 4.79 Å². The number of morpholine rings is 1. The summed E-state index contributed by atoms with van der Waals surface area (Å²) >= 11 is 0. The van der Waals surface area contributed by atoms with Gasteiger partial charge in [-0.05, 0) is 39.5 Å². The first-order chi connectivity index (χ1) is 10.8. The zero-order chi connectivity index (χ0) is 17.0. The maximum atomic E-state index is 13.0. The second-order valence-electron chi connectivity index (χ2n) is 7.80. The summed E-state index contributed by atoms with van der Waals surface area (Å²) in [5.41, 5.74) is -0.554. The molecule has 1 saturated carbocycles. The smallest absolute Gasteiger partial charge is 0.411 e. The molecule has 1 aliphatic heterocycles. The van der Waals surface area contributed by atoms with Gasteiger partial charge in [0.15, 0.2) is 5.78 Å². The molecular weight excluding hydrogens is 294 g/mol. The molecule has 1 aliphatic carbocycles. The van der Waals surface area contributed by atoms with Crippen LogP contribution in [0.1, 0.15) is 59.8 Å². The molecule has 0 aromatic heterocycles. The van der Waals surface area contributed by atoms with Crippen molar-refractivity contribution in [1.82, 2.24) is 4.90 Å². The van der Waals surface area contributed by atoms with Gasteiger partial charge in [-0.15, -0.1) is 0 Å². The SMILES string of the molecule is CCC1CCCC(C(=O)C2COCCN2C(=O)OC(C)(C)C)C1. The third kappa shape index (κ3) is 4.93. The topological polar surface area (TPSA) is 55.8 Å². The summed E-state index contributed by atoms with van der Waals surface area (Å²) in [5, 5.41) is 0. The molecular formula is C18H31NO4. The Bertz CT molecular complexity index is 429. The van der Waals surface area contributed by atoms with Gasteiger partial charge in [-0.2, -0.15) is 0 Å². The fourth-order valence-electron chi connectivity index (χ4n) is 3.57. The molecule has 0 N–H and O–H groups in total. The summed E-state index contributed by atoms with van der Waals surface area (Å²) < 4.78 is 11.0. The van der Waals surface area contributed by atoms with E-state index in [1.807, 2.05) is 20.8 Å². The summed E-state index contributed by atoms with van der Waals surface area (Å²) in [4.78, 5) is 27.0. The number of nitrogens with zero attached hydrogens (tertiary/aromatic N) is 1. The molecule has 1 amide bonds. The Hall–Kier alpha value is -1.10. The minimum absolute atomic E-state index is 0.0605. The van der Waals surface area contributed by atoms with E-state index in [1.165, 1.54) is 6.42 Å². The molecule has 5 nitrogen and oxygen atoms in total. The van der Waals surface area contributed by atoms with Crippen LogP contribution in [0.4, 0.5) is 4.79 Å². The van der Waals surface area contributed by atoms with Crippen LogP contribution in [0, 0.1) is 11.8 Å². The predicted octanol–water partition coefficient (Wildman–Crippen LogP) is 3.41. The predicted molar refractivity (Wildman–Crippen MR) is 88.3 cm³/mol. The Morgan fingerprint density at radius 2 is 2.00 bits per heavy atom. The summed E-state index contributed by atoms with van der Waals surface area (Å²) in [7, 11) is 0. The van der Waals surface area contributed by atoms with Crippen LogP contribution in [-0.4, -0.2) is 48.2 Å². The van der Waals surface area contributed by atoms with Crippen LogP contribution in [0.5, 0.6) is 0 Å². The maximum Gasteiger partial charge on any atom is 0.411 e. The van der Waals surface area contributed by atoms with Crippen LogP contribution in [0.3, 0.4) is 0 Å². The van der Waals surface area contributed by atoms with Gasteiger partial charge >= 0.3 is 6.09 Å². The van der Waals surface area contributed by atoms with Crippen molar-refractivity contribution in [3.05, 3.63) is 0 Å². The van der Waals surface area contributed by atoms with Crippen LogP contribution < -0.4 is 0 Å². The second-order valence-corrected chi connectivity index (χ2v) is 7.80. The number of carbonyl (C=O) groups excluding carboxylic acids is 2. The highest BCUT2D eigenvalue weighted by molar-refractivity contribution is 5.89. The molecule has 1 saturated heterocycles. The fourth-order valence-corrected chi connectivity index (χ4v) is 3.57. The molecule has 3 atom stereocenters. The zero-order valence-corrected chi connectivity index (χ0v) is 15.0. The molecule has 23 heavy (non-hydrogen) atoms. The van der Waals surface area contributed by atoms with Gasteiger partial charge in [0.05, 0.1) is 13.2 Å². The lowest BCUT2D eigenvalue weighted by molar-refractivity contribution is -0.135. The highest BCUT2D eigenvalue weighted by atomic mass is 16.6. The first kappa shape index (κ1) is 18.2. The molecule has 132 valence electrons. The fraction of sp³-hybridized carbons (Fsp3) is 0.889. The van der Waals surface area contributed by atoms with E-state index in [0.29, 0.717) is 25.7 Å². The standard InChI is InChI=1S/C18H31NO4/c1-5-13-7-6-8-14(11-13)16(20)15-12-22-10-9-19(15)17(21)23-18(2,3)4/h13-15H,5-12H2,1-4H3. The molecule has 1 heterocycles. The number of hydrogen-bond donors (Lipinski definition) is 0. The van der Waals surface area contributed by atoms with E-state index >= 15 is 0 Å². The van der Waals surface area contributed by atoms with E-state index in [1.54, 1.807) is 4.90 Å². The van der Waals surface area contributed by atoms with Crippen molar-refractivity contribution in [2.75, 3.05) is 19.8 Å². The van der Waals surface area contributed by atoms with Gasteiger partial charge in [0.2, 0.25) is 0 Å². The van der Waals surface area contributed by atoms with E-state index < -0.39 is 17.7 Å². The van der Waals surface area contributed by atoms with E-state index in [-0.39, 0.29) is 11.7 Å². The van der Waals surface area contributed by atoms with E-state index in [2.05, 4.69) is 6.92 Å². The molecule has 2 rings (SSSR count). The molecule has 2 aliphatic rings. The van der Waals surface area contributed by atoms with Crippen molar-refractivity contribution in [3.8, 4) is 0 Å². The van der Waals surface area contributed by atoms with Crippen LogP contribution in [-0.2, 0) is 14.3 Å². The zero-order valence-electron chi connectivity index (χ0n) is 15.0. The Morgan fingerprint density at radius 1 is 1.26 bits per heavy atom. The molecule has 0 spiro atoms. The highest BCUT2D eigenvalue weighted by Gasteiger charge is 2.39. The van der Waals surface area contributed by atoms with Crippen LogP contribution in [0.15, 0.2) is 0 Å². The monoisotopic (exact) mass is 325 g/mol.